The Kier molecular flexibility index (Phi) is 3.08. The molecule has 0 radical (unpaired) electrons. The minimum Gasteiger partial charge on any atom is -0.329 e. The molecule has 0 bridgehead atoms. The highest BCUT2D eigenvalue weighted by Crippen LogP contribution is 2.12. The van der Waals surface area contributed by atoms with Gasteiger partial charge in [-0.1, -0.05) is 12.1 Å². The number of rotatable bonds is 3. The van der Waals surface area contributed by atoms with Crippen molar-refractivity contribution in [1.29, 1.82) is 0 Å². The monoisotopic (exact) mass is 236 g/mol. The van der Waals surface area contributed by atoms with Gasteiger partial charge in [0.1, 0.15) is 5.82 Å². The van der Waals surface area contributed by atoms with Gasteiger partial charge in [-0.3, -0.25) is 9.69 Å². The summed E-state index contributed by atoms with van der Waals surface area (Å²) in [6.45, 7) is 1.86. The fourth-order valence-electron chi connectivity index (χ4n) is 1.93. The molecule has 1 aliphatic heterocycles. The highest BCUT2D eigenvalue weighted by atomic mass is 19.1. The average Bonchev–Trinajstić information content (AvgIpc) is 2.62. The Bertz CT molecular complexity index is 428. The summed E-state index contributed by atoms with van der Waals surface area (Å²) in [7, 11) is 0. The van der Waals surface area contributed by atoms with Gasteiger partial charge in [0.25, 0.3) is 0 Å². The van der Waals surface area contributed by atoms with E-state index in [4.69, 9.17) is 0 Å². The first kappa shape index (κ1) is 11.6. The maximum atomic E-state index is 12.7. The topological polar surface area (TPSA) is 49.4 Å². The number of carbonyl (C=O) groups is 2. The van der Waals surface area contributed by atoms with Crippen LogP contribution in [-0.4, -0.2) is 29.4 Å². The molecule has 1 aliphatic rings. The van der Waals surface area contributed by atoms with Crippen molar-refractivity contribution in [1.82, 2.24) is 10.2 Å². The second-order valence-electron chi connectivity index (χ2n) is 4.10. The standard InChI is InChI=1S/C12H13FN2O2/c1-8(15-11(16)7-14-12(15)17)6-9-2-4-10(13)5-3-9/h2-5,8H,6-7H2,1H3,(H,14,17). The van der Waals surface area contributed by atoms with Gasteiger partial charge < -0.3 is 5.32 Å². The molecule has 1 fully saturated rings. The molecule has 90 valence electrons. The summed E-state index contributed by atoms with van der Waals surface area (Å²) in [5.74, 6) is -0.513. The van der Waals surface area contributed by atoms with Crippen LogP contribution >= 0.6 is 0 Å². The third-order valence-electron chi connectivity index (χ3n) is 2.76. The Hall–Kier alpha value is -1.91. The lowest BCUT2D eigenvalue weighted by Gasteiger charge is -2.21. The fraction of sp³-hybridized carbons (Fsp3) is 0.333. The predicted octanol–water partition coefficient (Wildman–Crippen LogP) is 1.31. The number of nitrogens with zero attached hydrogens (tertiary/aromatic N) is 1. The summed E-state index contributed by atoms with van der Waals surface area (Å²) in [6.07, 6.45) is 0.527. The number of hydrogen-bond donors (Lipinski definition) is 1. The molecule has 1 heterocycles. The van der Waals surface area contributed by atoms with Crippen molar-refractivity contribution in [3.8, 4) is 0 Å². The van der Waals surface area contributed by atoms with Gasteiger partial charge in [-0.05, 0) is 31.0 Å². The molecule has 17 heavy (non-hydrogen) atoms. The van der Waals surface area contributed by atoms with E-state index in [9.17, 15) is 14.0 Å². The second kappa shape index (κ2) is 4.53. The molecule has 1 aromatic carbocycles. The lowest BCUT2D eigenvalue weighted by Crippen LogP contribution is -2.39. The van der Waals surface area contributed by atoms with Crippen molar-refractivity contribution in [2.45, 2.75) is 19.4 Å². The lowest BCUT2D eigenvalue weighted by atomic mass is 10.1. The van der Waals surface area contributed by atoms with Crippen LogP contribution in [0.5, 0.6) is 0 Å². The largest absolute Gasteiger partial charge is 0.329 e. The van der Waals surface area contributed by atoms with Crippen LogP contribution in [0.4, 0.5) is 9.18 Å². The van der Waals surface area contributed by atoms with Gasteiger partial charge >= 0.3 is 6.03 Å². The molecule has 4 nitrogen and oxygen atoms in total. The van der Waals surface area contributed by atoms with Crippen LogP contribution in [0.1, 0.15) is 12.5 Å². The molecule has 3 amide bonds. The predicted molar refractivity (Wildman–Crippen MR) is 59.8 cm³/mol. The summed E-state index contributed by atoms with van der Waals surface area (Å²) >= 11 is 0. The van der Waals surface area contributed by atoms with Crippen LogP contribution in [0.25, 0.3) is 0 Å². The average molecular weight is 236 g/mol. The normalized spacial score (nSPS) is 17.2. The number of nitrogens with one attached hydrogen (secondary N) is 1. The van der Waals surface area contributed by atoms with Crippen molar-refractivity contribution in [3.63, 3.8) is 0 Å². The van der Waals surface area contributed by atoms with E-state index in [0.717, 1.165) is 5.56 Å². The van der Waals surface area contributed by atoms with Crippen molar-refractivity contribution >= 4 is 11.9 Å². The fourth-order valence-corrected chi connectivity index (χ4v) is 1.93. The SMILES string of the molecule is CC(Cc1ccc(F)cc1)N1C(=O)CNC1=O. The molecule has 1 N–H and O–H groups in total. The summed E-state index contributed by atoms with van der Waals surface area (Å²) < 4.78 is 12.7. The van der Waals surface area contributed by atoms with Crippen LogP contribution in [0, 0.1) is 5.82 Å². The van der Waals surface area contributed by atoms with Gasteiger partial charge in [-0.25, -0.2) is 9.18 Å². The number of imide groups is 1. The number of hydrogen-bond acceptors (Lipinski definition) is 2. The Morgan fingerprint density at radius 2 is 2.00 bits per heavy atom. The van der Waals surface area contributed by atoms with Gasteiger partial charge in [-0.2, -0.15) is 0 Å². The lowest BCUT2D eigenvalue weighted by molar-refractivity contribution is -0.126. The first-order valence-electron chi connectivity index (χ1n) is 5.42. The maximum absolute atomic E-state index is 12.7. The van der Waals surface area contributed by atoms with Crippen LogP contribution in [-0.2, 0) is 11.2 Å². The molecule has 0 saturated carbocycles. The van der Waals surface area contributed by atoms with E-state index in [-0.39, 0.29) is 30.3 Å². The molecule has 1 atom stereocenters. The third kappa shape index (κ3) is 2.43. The number of halogens is 1. The molecule has 1 unspecified atom stereocenters. The van der Waals surface area contributed by atoms with E-state index in [2.05, 4.69) is 5.32 Å². The van der Waals surface area contributed by atoms with Crippen molar-refractivity contribution in [3.05, 3.63) is 35.6 Å². The van der Waals surface area contributed by atoms with Crippen LogP contribution in [0.2, 0.25) is 0 Å². The van der Waals surface area contributed by atoms with Gasteiger partial charge in [0.2, 0.25) is 5.91 Å². The Morgan fingerprint density at radius 1 is 1.35 bits per heavy atom. The number of benzene rings is 1. The molecular weight excluding hydrogens is 223 g/mol. The molecule has 5 heteroatoms. The summed E-state index contributed by atoms with van der Waals surface area (Å²) in [5.41, 5.74) is 0.895. The molecule has 2 rings (SSSR count). The van der Waals surface area contributed by atoms with Crippen molar-refractivity contribution < 1.29 is 14.0 Å². The Balaban J connectivity index is 2.06. The summed E-state index contributed by atoms with van der Waals surface area (Å²) in [4.78, 5) is 24.1. The molecule has 0 spiro atoms. The van der Waals surface area contributed by atoms with E-state index in [1.54, 1.807) is 19.1 Å². The van der Waals surface area contributed by atoms with Crippen molar-refractivity contribution in [2.24, 2.45) is 0 Å². The Labute approximate surface area is 98.4 Å². The highest BCUT2D eigenvalue weighted by molar-refractivity contribution is 6.02. The quantitative estimate of drug-likeness (QED) is 0.804. The first-order chi connectivity index (χ1) is 8.08. The maximum Gasteiger partial charge on any atom is 0.324 e. The van der Waals surface area contributed by atoms with Gasteiger partial charge in [0, 0.05) is 6.04 Å². The van der Waals surface area contributed by atoms with Crippen molar-refractivity contribution in [2.75, 3.05) is 6.54 Å². The zero-order valence-electron chi connectivity index (χ0n) is 9.44. The third-order valence-corrected chi connectivity index (χ3v) is 2.76. The molecule has 1 saturated heterocycles. The zero-order chi connectivity index (χ0) is 12.4. The van der Waals surface area contributed by atoms with E-state index in [1.165, 1.54) is 17.0 Å². The smallest absolute Gasteiger partial charge is 0.324 e. The van der Waals surface area contributed by atoms with E-state index >= 15 is 0 Å². The van der Waals surface area contributed by atoms with E-state index in [1.807, 2.05) is 0 Å². The molecule has 0 aliphatic carbocycles. The summed E-state index contributed by atoms with van der Waals surface area (Å²) in [6, 6.07) is 5.47. The van der Waals surface area contributed by atoms with Gasteiger partial charge in [-0.15, -0.1) is 0 Å². The number of amides is 3. The zero-order valence-corrected chi connectivity index (χ0v) is 9.44. The molecule has 1 aromatic rings. The minimum atomic E-state index is -0.357. The van der Waals surface area contributed by atoms with Crippen LogP contribution in [0.3, 0.4) is 0 Å². The van der Waals surface area contributed by atoms with Gasteiger partial charge in [0.05, 0.1) is 6.54 Å². The molecular formula is C12H13FN2O2. The second-order valence-corrected chi connectivity index (χ2v) is 4.10. The molecule has 0 aromatic heterocycles. The van der Waals surface area contributed by atoms with Gasteiger partial charge in [0.15, 0.2) is 0 Å². The Morgan fingerprint density at radius 3 is 2.53 bits per heavy atom. The minimum absolute atomic E-state index is 0.0621. The first-order valence-corrected chi connectivity index (χ1v) is 5.42. The summed E-state index contributed by atoms with van der Waals surface area (Å²) in [5, 5.41) is 2.47. The van der Waals surface area contributed by atoms with Crippen LogP contribution < -0.4 is 5.32 Å². The highest BCUT2D eigenvalue weighted by Gasteiger charge is 2.32. The van der Waals surface area contributed by atoms with E-state index in [0.29, 0.717) is 6.42 Å². The number of carbonyl (C=O) groups excluding carboxylic acids is 2. The van der Waals surface area contributed by atoms with Crippen LogP contribution in [0.15, 0.2) is 24.3 Å². The van der Waals surface area contributed by atoms with E-state index < -0.39 is 0 Å². The number of urea groups is 1.